The molecular weight excluding hydrogens is 192 g/mol. The van der Waals surface area contributed by atoms with Gasteiger partial charge in [-0.05, 0) is 18.4 Å². The maximum Gasteiger partial charge on any atom is 0.268 e. The SMILES string of the molecule is Cn1cc2c(c(C#N)c1=O)CCCC2=O. The van der Waals surface area contributed by atoms with E-state index in [9.17, 15) is 9.59 Å². The number of carbonyl (C=O) groups excluding carboxylic acids is 1. The first-order valence-electron chi connectivity index (χ1n) is 4.81. The first-order chi connectivity index (χ1) is 7.15. The fourth-order valence-electron chi connectivity index (χ4n) is 1.95. The van der Waals surface area contributed by atoms with Crippen LogP contribution in [0, 0.1) is 11.3 Å². The predicted octanol–water partition coefficient (Wildman–Crippen LogP) is 0.776. The van der Waals surface area contributed by atoms with Crippen molar-refractivity contribution in [1.82, 2.24) is 4.57 Å². The van der Waals surface area contributed by atoms with Crippen LogP contribution in [0.25, 0.3) is 0 Å². The van der Waals surface area contributed by atoms with Crippen LogP contribution in [0.1, 0.15) is 34.3 Å². The molecule has 1 aromatic rings. The molecule has 1 aliphatic carbocycles. The number of hydrogen-bond acceptors (Lipinski definition) is 3. The summed E-state index contributed by atoms with van der Waals surface area (Å²) in [6.07, 6.45) is 3.43. The van der Waals surface area contributed by atoms with Gasteiger partial charge in [-0.2, -0.15) is 5.26 Å². The number of pyridine rings is 1. The second-order valence-corrected chi connectivity index (χ2v) is 3.70. The lowest BCUT2D eigenvalue weighted by Crippen LogP contribution is -2.26. The smallest absolute Gasteiger partial charge is 0.268 e. The van der Waals surface area contributed by atoms with Crippen molar-refractivity contribution in [3.05, 3.63) is 33.2 Å². The number of Topliss-reactive ketones (excluding diaryl/α,β-unsaturated/α-hetero) is 1. The van der Waals surface area contributed by atoms with Crippen molar-refractivity contribution in [3.8, 4) is 6.07 Å². The van der Waals surface area contributed by atoms with E-state index in [0.29, 0.717) is 24.0 Å². The average molecular weight is 202 g/mol. The van der Waals surface area contributed by atoms with Crippen molar-refractivity contribution in [2.24, 2.45) is 7.05 Å². The van der Waals surface area contributed by atoms with Gasteiger partial charge in [-0.25, -0.2) is 0 Å². The molecule has 0 aliphatic heterocycles. The van der Waals surface area contributed by atoms with Gasteiger partial charge in [0.15, 0.2) is 5.78 Å². The molecule has 0 spiro atoms. The van der Waals surface area contributed by atoms with E-state index in [2.05, 4.69) is 0 Å². The van der Waals surface area contributed by atoms with E-state index in [1.807, 2.05) is 6.07 Å². The molecule has 4 heteroatoms. The molecule has 4 nitrogen and oxygen atoms in total. The predicted molar refractivity (Wildman–Crippen MR) is 53.7 cm³/mol. The van der Waals surface area contributed by atoms with Gasteiger partial charge in [0, 0.05) is 25.2 Å². The van der Waals surface area contributed by atoms with E-state index in [4.69, 9.17) is 5.26 Å². The van der Waals surface area contributed by atoms with E-state index >= 15 is 0 Å². The summed E-state index contributed by atoms with van der Waals surface area (Å²) in [6, 6.07) is 1.90. The van der Waals surface area contributed by atoms with Crippen LogP contribution in [-0.4, -0.2) is 10.4 Å². The zero-order valence-corrected chi connectivity index (χ0v) is 8.41. The molecule has 0 amide bonds. The molecule has 0 aromatic carbocycles. The Labute approximate surface area is 86.8 Å². The van der Waals surface area contributed by atoms with E-state index in [1.165, 1.54) is 4.57 Å². The van der Waals surface area contributed by atoms with Crippen LogP contribution in [0.15, 0.2) is 11.0 Å². The average Bonchev–Trinajstić information content (AvgIpc) is 2.22. The van der Waals surface area contributed by atoms with Gasteiger partial charge in [-0.1, -0.05) is 0 Å². The molecule has 0 saturated heterocycles. The van der Waals surface area contributed by atoms with Gasteiger partial charge in [0.1, 0.15) is 11.6 Å². The highest BCUT2D eigenvalue weighted by Gasteiger charge is 2.22. The number of carbonyl (C=O) groups is 1. The highest BCUT2D eigenvalue weighted by molar-refractivity contribution is 5.98. The Bertz CT molecular complexity index is 535. The summed E-state index contributed by atoms with van der Waals surface area (Å²) in [5.74, 6) is 0.0309. The number of aromatic nitrogens is 1. The molecule has 15 heavy (non-hydrogen) atoms. The van der Waals surface area contributed by atoms with Gasteiger partial charge in [0.05, 0.1) is 0 Å². The summed E-state index contributed by atoms with van der Waals surface area (Å²) in [4.78, 5) is 23.2. The summed E-state index contributed by atoms with van der Waals surface area (Å²) < 4.78 is 1.31. The normalized spacial score (nSPS) is 14.5. The maximum absolute atomic E-state index is 11.6. The second-order valence-electron chi connectivity index (χ2n) is 3.70. The molecule has 0 atom stereocenters. The third-order valence-corrected chi connectivity index (χ3v) is 2.73. The number of rotatable bonds is 0. The van der Waals surface area contributed by atoms with Gasteiger partial charge < -0.3 is 4.57 Å². The van der Waals surface area contributed by atoms with E-state index in [1.54, 1.807) is 13.2 Å². The molecular formula is C11H10N2O2. The van der Waals surface area contributed by atoms with Crippen LogP contribution < -0.4 is 5.56 Å². The molecule has 1 aliphatic rings. The molecule has 76 valence electrons. The molecule has 0 N–H and O–H groups in total. The summed E-state index contributed by atoms with van der Waals surface area (Å²) in [7, 11) is 1.56. The molecule has 2 rings (SSSR count). The number of ketones is 1. The van der Waals surface area contributed by atoms with Crippen molar-refractivity contribution in [3.63, 3.8) is 0 Å². The molecule has 0 saturated carbocycles. The summed E-state index contributed by atoms with van der Waals surface area (Å²) in [6.45, 7) is 0. The first kappa shape index (κ1) is 9.66. The number of fused-ring (bicyclic) bond motifs is 1. The molecule has 0 radical (unpaired) electrons. The highest BCUT2D eigenvalue weighted by atomic mass is 16.1. The Morgan fingerprint density at radius 1 is 1.40 bits per heavy atom. The topological polar surface area (TPSA) is 62.9 Å². The van der Waals surface area contributed by atoms with Crippen molar-refractivity contribution >= 4 is 5.78 Å². The minimum atomic E-state index is -0.314. The Balaban J connectivity index is 2.82. The molecule has 1 heterocycles. The van der Waals surface area contributed by atoms with Gasteiger partial charge >= 0.3 is 0 Å². The van der Waals surface area contributed by atoms with E-state index in [0.717, 1.165) is 6.42 Å². The van der Waals surface area contributed by atoms with Crippen LogP contribution in [-0.2, 0) is 13.5 Å². The number of hydrogen-bond donors (Lipinski definition) is 0. The van der Waals surface area contributed by atoms with Crippen molar-refractivity contribution in [1.29, 1.82) is 5.26 Å². The summed E-state index contributed by atoms with van der Waals surface area (Å²) in [5.41, 5.74) is 0.991. The highest BCUT2D eigenvalue weighted by Crippen LogP contribution is 2.21. The van der Waals surface area contributed by atoms with E-state index in [-0.39, 0.29) is 16.9 Å². The van der Waals surface area contributed by atoms with Gasteiger partial charge in [0.25, 0.3) is 5.56 Å². The zero-order valence-electron chi connectivity index (χ0n) is 8.41. The second kappa shape index (κ2) is 3.35. The third-order valence-electron chi connectivity index (χ3n) is 2.73. The zero-order chi connectivity index (χ0) is 11.0. The molecule has 1 aromatic heterocycles. The van der Waals surface area contributed by atoms with Gasteiger partial charge in [-0.3, -0.25) is 9.59 Å². The van der Waals surface area contributed by atoms with Crippen molar-refractivity contribution in [2.45, 2.75) is 19.3 Å². The summed E-state index contributed by atoms with van der Waals surface area (Å²) in [5, 5.41) is 8.91. The van der Waals surface area contributed by atoms with Crippen LogP contribution in [0.5, 0.6) is 0 Å². The Morgan fingerprint density at radius 3 is 2.80 bits per heavy atom. The van der Waals surface area contributed by atoms with Crippen LogP contribution in [0.2, 0.25) is 0 Å². The fraction of sp³-hybridized carbons (Fsp3) is 0.364. The van der Waals surface area contributed by atoms with Gasteiger partial charge in [-0.15, -0.1) is 0 Å². The van der Waals surface area contributed by atoms with Crippen molar-refractivity contribution in [2.75, 3.05) is 0 Å². The first-order valence-corrected chi connectivity index (χ1v) is 4.81. The standard InChI is InChI=1S/C11H10N2O2/c1-13-6-9-7(3-2-4-10(9)14)8(5-12)11(13)15/h6H,2-4H2,1H3. The Hall–Kier alpha value is -1.89. The van der Waals surface area contributed by atoms with Crippen LogP contribution in [0.3, 0.4) is 0 Å². The maximum atomic E-state index is 11.6. The van der Waals surface area contributed by atoms with Crippen molar-refractivity contribution < 1.29 is 4.79 Å². The molecule has 0 bridgehead atoms. The lowest BCUT2D eigenvalue weighted by atomic mass is 9.89. The third kappa shape index (κ3) is 1.37. The largest absolute Gasteiger partial charge is 0.317 e. The van der Waals surface area contributed by atoms with E-state index < -0.39 is 0 Å². The van der Waals surface area contributed by atoms with Crippen LogP contribution >= 0.6 is 0 Å². The van der Waals surface area contributed by atoms with Crippen LogP contribution in [0.4, 0.5) is 0 Å². The molecule has 0 unspecified atom stereocenters. The number of aryl methyl sites for hydroxylation is 1. The Kier molecular flexibility index (Phi) is 2.16. The number of nitriles is 1. The quantitative estimate of drug-likeness (QED) is 0.624. The number of nitrogens with zero attached hydrogens (tertiary/aromatic N) is 2. The minimum Gasteiger partial charge on any atom is -0.317 e. The minimum absolute atomic E-state index is 0.0309. The monoisotopic (exact) mass is 202 g/mol. The Morgan fingerprint density at radius 2 is 2.13 bits per heavy atom. The molecule has 0 fully saturated rings. The van der Waals surface area contributed by atoms with Gasteiger partial charge in [0.2, 0.25) is 0 Å². The lowest BCUT2D eigenvalue weighted by molar-refractivity contribution is 0.0971. The fourth-order valence-corrected chi connectivity index (χ4v) is 1.95. The lowest BCUT2D eigenvalue weighted by Gasteiger charge is -2.16. The summed E-state index contributed by atoms with van der Waals surface area (Å²) >= 11 is 0.